The van der Waals surface area contributed by atoms with E-state index < -0.39 is 0 Å². The van der Waals surface area contributed by atoms with Crippen LogP contribution in [-0.2, 0) is 11.2 Å². The Hall–Kier alpha value is -2.30. The Balaban J connectivity index is 1.55. The molecule has 1 heteroatoms. The fraction of sp³-hybridized carbons (Fsp3) is 0.304. The second kappa shape index (κ2) is 7.51. The van der Waals surface area contributed by atoms with Crippen molar-refractivity contribution in [2.24, 2.45) is 5.41 Å². The zero-order chi connectivity index (χ0) is 16.8. The van der Waals surface area contributed by atoms with Gasteiger partial charge in [0.2, 0.25) is 0 Å². The van der Waals surface area contributed by atoms with Gasteiger partial charge in [-0.1, -0.05) is 80.3 Å². The third-order valence-electron chi connectivity index (χ3n) is 4.43. The molecular formula is C23H24O. The van der Waals surface area contributed by atoms with Crippen molar-refractivity contribution in [3.8, 4) is 11.8 Å². The van der Waals surface area contributed by atoms with Crippen LogP contribution in [0.15, 0.2) is 72.3 Å². The summed E-state index contributed by atoms with van der Waals surface area (Å²) in [6.45, 7) is 4.97. The maximum absolute atomic E-state index is 6.10. The average Bonchev–Trinajstić information content (AvgIpc) is 3.24. The Morgan fingerprint density at radius 3 is 2.21 bits per heavy atom. The molecule has 1 nitrogen and oxygen atoms in total. The molecule has 0 saturated carbocycles. The average molecular weight is 316 g/mol. The molecule has 1 aliphatic carbocycles. The molecule has 1 atom stereocenters. The van der Waals surface area contributed by atoms with Crippen LogP contribution < -0.4 is 0 Å². The third-order valence-corrected chi connectivity index (χ3v) is 4.43. The largest absolute Gasteiger partial charge is 0.361 e. The van der Waals surface area contributed by atoms with E-state index in [-0.39, 0.29) is 11.5 Å². The molecule has 0 fully saturated rings. The summed E-state index contributed by atoms with van der Waals surface area (Å²) in [5, 5.41) is 0. The van der Waals surface area contributed by atoms with Gasteiger partial charge in [-0.2, -0.15) is 0 Å². The fourth-order valence-electron chi connectivity index (χ4n) is 2.93. The van der Waals surface area contributed by atoms with Gasteiger partial charge >= 0.3 is 0 Å². The molecule has 0 spiro atoms. The van der Waals surface area contributed by atoms with Gasteiger partial charge in [-0.3, -0.25) is 0 Å². The van der Waals surface area contributed by atoms with Crippen LogP contribution in [0, 0.1) is 17.3 Å². The van der Waals surface area contributed by atoms with E-state index in [9.17, 15) is 0 Å². The molecule has 0 aromatic heterocycles. The summed E-state index contributed by atoms with van der Waals surface area (Å²) in [6.07, 6.45) is 4.52. The van der Waals surface area contributed by atoms with Crippen molar-refractivity contribution in [2.45, 2.75) is 32.8 Å². The van der Waals surface area contributed by atoms with E-state index in [1.54, 1.807) is 0 Å². The number of benzene rings is 2. The van der Waals surface area contributed by atoms with Crippen molar-refractivity contribution in [3.63, 3.8) is 0 Å². The van der Waals surface area contributed by atoms with E-state index in [1.165, 1.54) is 11.1 Å². The highest BCUT2D eigenvalue weighted by atomic mass is 16.5. The molecule has 2 aromatic rings. The number of hydrogen-bond donors (Lipinski definition) is 0. The quantitative estimate of drug-likeness (QED) is 0.537. The van der Waals surface area contributed by atoms with Crippen molar-refractivity contribution in [2.75, 3.05) is 6.61 Å². The molecule has 0 amide bonds. The summed E-state index contributed by atoms with van der Waals surface area (Å²) in [6, 6.07) is 20.7. The monoisotopic (exact) mass is 316 g/mol. The van der Waals surface area contributed by atoms with Gasteiger partial charge in [0.15, 0.2) is 0 Å². The van der Waals surface area contributed by atoms with E-state index in [4.69, 9.17) is 4.74 Å². The highest BCUT2D eigenvalue weighted by Gasteiger charge is 2.39. The Morgan fingerprint density at radius 1 is 0.958 bits per heavy atom. The lowest BCUT2D eigenvalue weighted by molar-refractivity contribution is 0.0961. The van der Waals surface area contributed by atoms with Gasteiger partial charge in [-0.05, 0) is 36.1 Å². The first kappa shape index (κ1) is 16.6. The minimum Gasteiger partial charge on any atom is -0.361 e. The first-order valence-corrected chi connectivity index (χ1v) is 8.58. The van der Waals surface area contributed by atoms with E-state index in [2.05, 4.69) is 62.1 Å². The van der Waals surface area contributed by atoms with Gasteiger partial charge < -0.3 is 4.74 Å². The Bertz CT molecular complexity index is 745. The van der Waals surface area contributed by atoms with Crippen LogP contribution in [0.2, 0.25) is 0 Å². The molecule has 0 heterocycles. The molecule has 1 aliphatic rings. The topological polar surface area (TPSA) is 9.23 Å². The van der Waals surface area contributed by atoms with Crippen LogP contribution >= 0.6 is 0 Å². The summed E-state index contributed by atoms with van der Waals surface area (Å²) in [4.78, 5) is 0. The summed E-state index contributed by atoms with van der Waals surface area (Å²) in [5.41, 5.74) is 4.03. The van der Waals surface area contributed by atoms with E-state index in [0.29, 0.717) is 6.61 Å². The zero-order valence-corrected chi connectivity index (χ0v) is 14.5. The number of allylic oxidation sites excluding steroid dienone is 1. The summed E-state index contributed by atoms with van der Waals surface area (Å²) in [5.74, 6) is 6.30. The maximum Gasteiger partial charge on any atom is 0.108 e. The van der Waals surface area contributed by atoms with Gasteiger partial charge in [0, 0.05) is 11.0 Å². The molecule has 24 heavy (non-hydrogen) atoms. The van der Waals surface area contributed by atoms with Crippen LogP contribution in [-0.4, -0.2) is 12.7 Å². The molecule has 2 aromatic carbocycles. The normalized spacial score (nSPS) is 15.8. The van der Waals surface area contributed by atoms with Crippen LogP contribution in [0.4, 0.5) is 0 Å². The molecule has 0 radical (unpaired) electrons. The summed E-state index contributed by atoms with van der Waals surface area (Å²) in [7, 11) is 0. The van der Waals surface area contributed by atoms with Crippen molar-refractivity contribution >= 4 is 0 Å². The highest BCUT2D eigenvalue weighted by Crippen LogP contribution is 2.46. The van der Waals surface area contributed by atoms with E-state index >= 15 is 0 Å². The highest BCUT2D eigenvalue weighted by molar-refractivity contribution is 5.39. The maximum atomic E-state index is 6.10. The number of aryl methyl sites for hydroxylation is 1. The van der Waals surface area contributed by atoms with Crippen molar-refractivity contribution in [1.29, 1.82) is 0 Å². The Labute approximate surface area is 145 Å². The molecule has 0 bridgehead atoms. The minimum atomic E-state index is 0.172. The van der Waals surface area contributed by atoms with Gasteiger partial charge in [-0.25, -0.2) is 0 Å². The lowest BCUT2D eigenvalue weighted by Gasteiger charge is -2.17. The first-order chi connectivity index (χ1) is 11.6. The van der Waals surface area contributed by atoms with Gasteiger partial charge in [0.05, 0.1) is 6.10 Å². The molecule has 1 unspecified atom stereocenters. The first-order valence-electron chi connectivity index (χ1n) is 8.58. The molecule has 3 rings (SSSR count). The molecule has 122 valence electrons. The second-order valence-electron chi connectivity index (χ2n) is 6.81. The van der Waals surface area contributed by atoms with E-state index in [0.717, 1.165) is 18.4 Å². The Kier molecular flexibility index (Phi) is 5.18. The van der Waals surface area contributed by atoms with Crippen molar-refractivity contribution in [3.05, 3.63) is 83.4 Å². The van der Waals surface area contributed by atoms with Crippen molar-refractivity contribution in [1.82, 2.24) is 0 Å². The summed E-state index contributed by atoms with van der Waals surface area (Å²) < 4.78 is 6.10. The number of rotatable bonds is 6. The molecule has 0 saturated heterocycles. The Morgan fingerprint density at radius 2 is 1.58 bits per heavy atom. The van der Waals surface area contributed by atoms with Crippen molar-refractivity contribution < 1.29 is 4.74 Å². The zero-order valence-electron chi connectivity index (χ0n) is 14.5. The van der Waals surface area contributed by atoms with Gasteiger partial charge in [0.25, 0.3) is 0 Å². The number of ether oxygens (including phenoxy) is 1. The van der Waals surface area contributed by atoms with Crippen LogP contribution in [0.1, 0.15) is 31.4 Å². The SMILES string of the molecule is CC1(C)C=C1C(CCc1ccccc1)OCC#Cc1ccccc1. The van der Waals surface area contributed by atoms with Crippen LogP contribution in [0.3, 0.4) is 0 Å². The van der Waals surface area contributed by atoms with Gasteiger partial charge in [-0.15, -0.1) is 0 Å². The van der Waals surface area contributed by atoms with Crippen LogP contribution in [0.5, 0.6) is 0 Å². The lowest BCUT2D eigenvalue weighted by atomic mass is 9.98. The smallest absolute Gasteiger partial charge is 0.108 e. The number of hydrogen-bond acceptors (Lipinski definition) is 1. The van der Waals surface area contributed by atoms with Gasteiger partial charge in [0.1, 0.15) is 6.61 Å². The third kappa shape index (κ3) is 4.60. The summed E-state index contributed by atoms with van der Waals surface area (Å²) >= 11 is 0. The second-order valence-corrected chi connectivity index (χ2v) is 6.81. The standard InChI is InChI=1S/C23H24O/c1-23(2)18-21(23)22(16-15-20-12-7-4-8-13-20)24-17-9-14-19-10-5-3-6-11-19/h3-8,10-13,18,22H,15-17H2,1-2H3. The predicted molar refractivity (Wildman–Crippen MR) is 99.7 cm³/mol. The predicted octanol–water partition coefficient (Wildman–Crippen LogP) is 5.02. The van der Waals surface area contributed by atoms with E-state index in [1.807, 2.05) is 30.3 Å². The minimum absolute atomic E-state index is 0.172. The molecule has 0 aliphatic heterocycles. The fourth-order valence-corrected chi connectivity index (χ4v) is 2.93. The van der Waals surface area contributed by atoms with Crippen LogP contribution in [0.25, 0.3) is 0 Å². The lowest BCUT2D eigenvalue weighted by Crippen LogP contribution is -2.17. The molecular weight excluding hydrogens is 292 g/mol. The molecule has 0 N–H and O–H groups in total.